The van der Waals surface area contributed by atoms with Gasteiger partial charge in [0, 0.05) is 27.2 Å². The number of amides is 1. The van der Waals surface area contributed by atoms with Gasteiger partial charge in [-0.25, -0.2) is 9.59 Å². The molecule has 0 radical (unpaired) electrons. The molecule has 0 saturated carbocycles. The van der Waals surface area contributed by atoms with E-state index in [1.54, 1.807) is 0 Å². The van der Waals surface area contributed by atoms with Crippen LogP contribution >= 0.6 is 0 Å². The Labute approximate surface area is 117 Å². The second-order valence-electron chi connectivity index (χ2n) is 4.29. The van der Waals surface area contributed by atoms with Crippen molar-refractivity contribution in [2.75, 3.05) is 20.8 Å². The number of hydrogen-bond donors (Lipinski definition) is 1. The van der Waals surface area contributed by atoms with Crippen LogP contribution in [-0.2, 0) is 20.9 Å². The molecule has 6 heteroatoms. The smallest absolute Gasteiger partial charge is 0.410 e. The van der Waals surface area contributed by atoms with E-state index in [4.69, 9.17) is 14.6 Å². The highest BCUT2D eigenvalue weighted by Gasteiger charge is 2.27. The first kappa shape index (κ1) is 16.0. The lowest BCUT2D eigenvalue weighted by Gasteiger charge is -2.23. The molecule has 1 rings (SSSR count). The molecule has 1 amide bonds. The Morgan fingerprint density at radius 3 is 2.50 bits per heavy atom. The minimum atomic E-state index is -1.08. The van der Waals surface area contributed by atoms with Crippen LogP contribution in [0.25, 0.3) is 0 Å². The van der Waals surface area contributed by atoms with Crippen molar-refractivity contribution < 1.29 is 24.2 Å². The second-order valence-corrected chi connectivity index (χ2v) is 4.29. The molecule has 0 fully saturated rings. The Hall–Kier alpha value is -2.08. The van der Waals surface area contributed by atoms with Gasteiger partial charge in [-0.3, -0.25) is 4.90 Å². The summed E-state index contributed by atoms with van der Waals surface area (Å²) >= 11 is 0. The summed E-state index contributed by atoms with van der Waals surface area (Å²) in [6.45, 7) is 0.369. The number of ether oxygens (including phenoxy) is 2. The van der Waals surface area contributed by atoms with E-state index in [-0.39, 0.29) is 19.6 Å². The molecule has 0 saturated heterocycles. The fourth-order valence-electron chi connectivity index (χ4n) is 1.66. The summed E-state index contributed by atoms with van der Waals surface area (Å²) in [5.74, 6) is -1.08. The third kappa shape index (κ3) is 4.89. The van der Waals surface area contributed by atoms with Gasteiger partial charge in [-0.1, -0.05) is 30.3 Å². The Balaban J connectivity index is 2.53. The quantitative estimate of drug-likeness (QED) is 0.824. The van der Waals surface area contributed by atoms with E-state index in [1.807, 2.05) is 30.3 Å². The maximum Gasteiger partial charge on any atom is 0.410 e. The number of carboxylic acid groups (broad SMARTS) is 1. The monoisotopic (exact) mass is 281 g/mol. The normalized spacial score (nSPS) is 11.7. The topological polar surface area (TPSA) is 76.1 Å². The Kier molecular flexibility index (Phi) is 6.52. The summed E-state index contributed by atoms with van der Waals surface area (Å²) in [7, 11) is 2.88. The SMILES string of the molecule is COCCC(C(=O)O)N(C)C(=O)OCc1ccccc1. The van der Waals surface area contributed by atoms with Crippen molar-refractivity contribution in [2.45, 2.75) is 19.1 Å². The maximum absolute atomic E-state index is 11.8. The van der Waals surface area contributed by atoms with Gasteiger partial charge in [0.25, 0.3) is 0 Å². The molecular weight excluding hydrogens is 262 g/mol. The van der Waals surface area contributed by atoms with E-state index in [2.05, 4.69) is 0 Å². The summed E-state index contributed by atoms with van der Waals surface area (Å²) in [5, 5.41) is 9.10. The number of methoxy groups -OCH3 is 1. The summed E-state index contributed by atoms with van der Waals surface area (Å²) in [6.07, 6.45) is -0.458. The number of nitrogens with zero attached hydrogens (tertiary/aromatic N) is 1. The van der Waals surface area contributed by atoms with Crippen LogP contribution in [0.3, 0.4) is 0 Å². The maximum atomic E-state index is 11.8. The third-order valence-corrected chi connectivity index (χ3v) is 2.84. The van der Waals surface area contributed by atoms with Gasteiger partial charge in [-0.05, 0) is 5.56 Å². The van der Waals surface area contributed by atoms with Gasteiger partial charge in [0.2, 0.25) is 0 Å². The van der Waals surface area contributed by atoms with Gasteiger partial charge in [-0.2, -0.15) is 0 Å². The van der Waals surface area contributed by atoms with Crippen LogP contribution in [0.2, 0.25) is 0 Å². The summed E-state index contributed by atoms with van der Waals surface area (Å²) in [4.78, 5) is 24.0. The second kappa shape index (κ2) is 8.16. The van der Waals surface area contributed by atoms with Crippen LogP contribution in [0.15, 0.2) is 30.3 Å². The predicted octanol–water partition coefficient (Wildman–Crippen LogP) is 1.74. The molecule has 0 aliphatic carbocycles. The zero-order valence-corrected chi connectivity index (χ0v) is 11.6. The summed E-state index contributed by atoms with van der Waals surface area (Å²) < 4.78 is 9.92. The van der Waals surface area contributed by atoms with Crippen molar-refractivity contribution in [2.24, 2.45) is 0 Å². The average molecular weight is 281 g/mol. The van der Waals surface area contributed by atoms with E-state index in [1.165, 1.54) is 14.2 Å². The minimum Gasteiger partial charge on any atom is -0.480 e. The molecule has 1 atom stereocenters. The van der Waals surface area contributed by atoms with Crippen molar-refractivity contribution in [3.63, 3.8) is 0 Å². The first-order valence-electron chi connectivity index (χ1n) is 6.21. The van der Waals surface area contributed by atoms with E-state index in [0.717, 1.165) is 10.5 Å². The molecule has 0 aliphatic heterocycles. The van der Waals surface area contributed by atoms with Gasteiger partial charge >= 0.3 is 12.1 Å². The van der Waals surface area contributed by atoms with Gasteiger partial charge in [0.15, 0.2) is 0 Å². The van der Waals surface area contributed by atoms with Crippen molar-refractivity contribution in [3.05, 3.63) is 35.9 Å². The number of carbonyl (C=O) groups is 2. The van der Waals surface area contributed by atoms with Crippen LogP contribution in [-0.4, -0.2) is 48.9 Å². The standard InChI is InChI=1S/C14H19NO5/c1-15(12(13(16)17)8-9-19-2)14(18)20-10-11-6-4-3-5-7-11/h3-7,12H,8-10H2,1-2H3,(H,16,17). The molecule has 6 nitrogen and oxygen atoms in total. The summed E-state index contributed by atoms with van der Waals surface area (Å²) in [5.41, 5.74) is 0.845. The Morgan fingerprint density at radius 1 is 1.30 bits per heavy atom. The molecule has 0 heterocycles. The van der Waals surface area contributed by atoms with E-state index >= 15 is 0 Å². The number of carbonyl (C=O) groups excluding carboxylic acids is 1. The highest BCUT2D eigenvalue weighted by Crippen LogP contribution is 2.08. The largest absolute Gasteiger partial charge is 0.480 e. The lowest BCUT2D eigenvalue weighted by molar-refractivity contribution is -0.143. The molecule has 0 spiro atoms. The molecular formula is C14H19NO5. The predicted molar refractivity (Wildman–Crippen MR) is 72.3 cm³/mol. The molecule has 1 N–H and O–H groups in total. The minimum absolute atomic E-state index is 0.112. The lowest BCUT2D eigenvalue weighted by atomic mass is 10.2. The Morgan fingerprint density at radius 2 is 1.95 bits per heavy atom. The fraction of sp³-hybridized carbons (Fsp3) is 0.429. The van der Waals surface area contributed by atoms with Crippen LogP contribution in [0.5, 0.6) is 0 Å². The molecule has 0 bridgehead atoms. The van der Waals surface area contributed by atoms with E-state index in [0.29, 0.717) is 0 Å². The van der Waals surface area contributed by atoms with Crippen molar-refractivity contribution in [3.8, 4) is 0 Å². The van der Waals surface area contributed by atoms with Gasteiger partial charge in [0.1, 0.15) is 12.6 Å². The van der Waals surface area contributed by atoms with Crippen molar-refractivity contribution in [1.29, 1.82) is 0 Å². The van der Waals surface area contributed by atoms with E-state index in [9.17, 15) is 9.59 Å². The fourth-order valence-corrected chi connectivity index (χ4v) is 1.66. The lowest BCUT2D eigenvalue weighted by Crippen LogP contribution is -2.43. The molecule has 20 heavy (non-hydrogen) atoms. The molecule has 1 aromatic rings. The van der Waals surface area contributed by atoms with Gasteiger partial charge in [-0.15, -0.1) is 0 Å². The van der Waals surface area contributed by atoms with Crippen LogP contribution in [0, 0.1) is 0 Å². The number of rotatable bonds is 7. The highest BCUT2D eigenvalue weighted by atomic mass is 16.6. The summed E-state index contributed by atoms with van der Waals surface area (Å²) in [6, 6.07) is 8.23. The Bertz CT molecular complexity index is 434. The average Bonchev–Trinajstić information content (AvgIpc) is 2.45. The van der Waals surface area contributed by atoms with E-state index < -0.39 is 18.1 Å². The molecule has 1 aromatic carbocycles. The highest BCUT2D eigenvalue weighted by molar-refractivity contribution is 5.79. The molecule has 1 unspecified atom stereocenters. The zero-order chi connectivity index (χ0) is 15.0. The van der Waals surface area contributed by atoms with Crippen LogP contribution in [0.1, 0.15) is 12.0 Å². The zero-order valence-electron chi connectivity index (χ0n) is 11.6. The van der Waals surface area contributed by atoms with Crippen LogP contribution in [0.4, 0.5) is 4.79 Å². The number of benzene rings is 1. The molecule has 0 aromatic heterocycles. The number of likely N-dealkylation sites (N-methyl/N-ethyl adjacent to an activating group) is 1. The third-order valence-electron chi connectivity index (χ3n) is 2.84. The molecule has 0 aliphatic rings. The van der Waals surface area contributed by atoms with Crippen LogP contribution < -0.4 is 0 Å². The number of carboxylic acids is 1. The van der Waals surface area contributed by atoms with Crippen molar-refractivity contribution in [1.82, 2.24) is 4.90 Å². The molecule has 110 valence electrons. The van der Waals surface area contributed by atoms with Gasteiger partial charge < -0.3 is 14.6 Å². The number of hydrogen-bond acceptors (Lipinski definition) is 4. The van der Waals surface area contributed by atoms with Crippen molar-refractivity contribution >= 4 is 12.1 Å². The number of aliphatic carboxylic acids is 1. The first-order valence-corrected chi connectivity index (χ1v) is 6.21. The van der Waals surface area contributed by atoms with Gasteiger partial charge in [0.05, 0.1) is 0 Å². The first-order chi connectivity index (χ1) is 9.56.